The Morgan fingerprint density at radius 1 is 1.19 bits per heavy atom. The van der Waals surface area contributed by atoms with Gasteiger partial charge in [-0.25, -0.2) is 4.79 Å². The first-order valence-electron chi connectivity index (χ1n) is 8.20. The van der Waals surface area contributed by atoms with Crippen LogP contribution in [0.4, 0.5) is 0 Å². The molecule has 0 fully saturated rings. The highest BCUT2D eigenvalue weighted by Crippen LogP contribution is 2.14. The summed E-state index contributed by atoms with van der Waals surface area (Å²) in [5.74, 6) is 0. The molecule has 0 saturated carbocycles. The molecule has 0 radical (unpaired) electrons. The van der Waals surface area contributed by atoms with E-state index in [9.17, 15) is 4.79 Å². The Morgan fingerprint density at radius 3 is 2.62 bits per heavy atom. The van der Waals surface area contributed by atoms with Crippen molar-refractivity contribution >= 4 is 11.6 Å². The molecule has 0 saturated heterocycles. The van der Waals surface area contributed by atoms with Crippen LogP contribution in [-0.4, -0.2) is 21.1 Å². The number of hydrogen-bond donors (Lipinski definition) is 0. The summed E-state index contributed by atoms with van der Waals surface area (Å²) in [6, 6.07) is 16.8. The first-order valence-corrected chi connectivity index (χ1v) is 8.58. The van der Waals surface area contributed by atoms with Gasteiger partial charge in [-0.2, -0.15) is 5.26 Å². The van der Waals surface area contributed by atoms with Crippen LogP contribution in [0.3, 0.4) is 0 Å². The second-order valence-electron chi connectivity index (χ2n) is 6.30. The smallest absolute Gasteiger partial charge is 0.285 e. The minimum absolute atomic E-state index is 0.0950. The summed E-state index contributed by atoms with van der Waals surface area (Å²) in [6.45, 7) is 3.01. The van der Waals surface area contributed by atoms with Crippen molar-refractivity contribution < 1.29 is 0 Å². The summed E-state index contributed by atoms with van der Waals surface area (Å²) in [5, 5.41) is 9.64. The standard InChI is InChI=1S/C20H19ClN4O/c1-15-12-24(20(26)25(15)19-8-6-18(21)7-9-19)14-23(2)13-17-5-3-4-16(10-17)11-22/h3-10,12H,13-14H2,1-2H3. The molecule has 1 aromatic heterocycles. The van der Waals surface area contributed by atoms with Gasteiger partial charge in [-0.1, -0.05) is 23.7 Å². The number of aryl methyl sites for hydroxylation is 1. The van der Waals surface area contributed by atoms with Gasteiger partial charge in [0.1, 0.15) is 0 Å². The Hall–Kier alpha value is -2.81. The van der Waals surface area contributed by atoms with E-state index in [0.29, 0.717) is 23.8 Å². The van der Waals surface area contributed by atoms with Crippen molar-refractivity contribution in [3.8, 4) is 11.8 Å². The van der Waals surface area contributed by atoms with E-state index in [2.05, 4.69) is 6.07 Å². The molecular formula is C20H19ClN4O. The summed E-state index contributed by atoms with van der Waals surface area (Å²) in [7, 11) is 1.94. The highest BCUT2D eigenvalue weighted by atomic mass is 35.5. The highest BCUT2D eigenvalue weighted by Gasteiger charge is 2.12. The van der Waals surface area contributed by atoms with Crippen molar-refractivity contribution in [3.05, 3.63) is 87.1 Å². The van der Waals surface area contributed by atoms with E-state index in [-0.39, 0.29) is 5.69 Å². The molecule has 0 aliphatic rings. The van der Waals surface area contributed by atoms with Crippen LogP contribution in [0, 0.1) is 18.3 Å². The maximum atomic E-state index is 12.8. The van der Waals surface area contributed by atoms with Crippen molar-refractivity contribution in [2.24, 2.45) is 0 Å². The molecule has 3 rings (SSSR count). The summed E-state index contributed by atoms with van der Waals surface area (Å²) in [6.07, 6.45) is 1.85. The van der Waals surface area contributed by atoms with Gasteiger partial charge in [-0.15, -0.1) is 0 Å². The van der Waals surface area contributed by atoms with Gasteiger partial charge in [0.15, 0.2) is 0 Å². The number of aromatic nitrogens is 2. The molecule has 0 unspecified atom stereocenters. The second kappa shape index (κ2) is 7.61. The second-order valence-corrected chi connectivity index (χ2v) is 6.74. The molecule has 132 valence electrons. The number of nitriles is 1. The zero-order chi connectivity index (χ0) is 18.7. The molecule has 2 aromatic carbocycles. The van der Waals surface area contributed by atoms with E-state index in [1.165, 1.54) is 0 Å². The lowest BCUT2D eigenvalue weighted by atomic mass is 10.1. The lowest BCUT2D eigenvalue weighted by molar-refractivity contribution is 0.256. The molecule has 0 aliphatic heterocycles. The van der Waals surface area contributed by atoms with Crippen molar-refractivity contribution in [1.82, 2.24) is 14.0 Å². The highest BCUT2D eigenvalue weighted by molar-refractivity contribution is 6.30. The van der Waals surface area contributed by atoms with Crippen molar-refractivity contribution in [2.45, 2.75) is 20.1 Å². The third-order valence-electron chi connectivity index (χ3n) is 4.12. The Bertz CT molecular complexity index is 1010. The number of halogens is 1. The summed E-state index contributed by atoms with van der Waals surface area (Å²) in [5.41, 5.74) is 3.23. The van der Waals surface area contributed by atoms with Crippen LogP contribution >= 0.6 is 11.6 Å². The quantitative estimate of drug-likeness (QED) is 0.693. The first kappa shape index (κ1) is 18.0. The predicted octanol–water partition coefficient (Wildman–Crippen LogP) is 3.56. The fourth-order valence-corrected chi connectivity index (χ4v) is 3.11. The molecule has 26 heavy (non-hydrogen) atoms. The van der Waals surface area contributed by atoms with E-state index in [4.69, 9.17) is 16.9 Å². The Morgan fingerprint density at radius 2 is 1.92 bits per heavy atom. The zero-order valence-corrected chi connectivity index (χ0v) is 15.4. The monoisotopic (exact) mass is 366 g/mol. The molecule has 6 heteroatoms. The average Bonchev–Trinajstić information content (AvgIpc) is 2.89. The van der Waals surface area contributed by atoms with E-state index in [1.54, 1.807) is 27.3 Å². The molecule has 3 aromatic rings. The third-order valence-corrected chi connectivity index (χ3v) is 4.37. The normalized spacial score (nSPS) is 10.9. The lowest BCUT2D eigenvalue weighted by Crippen LogP contribution is -2.30. The molecular weight excluding hydrogens is 348 g/mol. The van der Waals surface area contributed by atoms with Crippen LogP contribution in [0.5, 0.6) is 0 Å². The minimum Gasteiger partial charge on any atom is -0.285 e. The van der Waals surface area contributed by atoms with Gasteiger partial charge in [0.05, 0.1) is 24.0 Å². The largest absolute Gasteiger partial charge is 0.334 e. The molecule has 5 nitrogen and oxygen atoms in total. The molecule has 0 N–H and O–H groups in total. The van der Waals surface area contributed by atoms with Gasteiger partial charge < -0.3 is 0 Å². The summed E-state index contributed by atoms with van der Waals surface area (Å²) >= 11 is 5.93. The fraction of sp³-hybridized carbons (Fsp3) is 0.200. The Balaban J connectivity index is 1.80. The predicted molar refractivity (Wildman–Crippen MR) is 102 cm³/mol. The van der Waals surface area contributed by atoms with Gasteiger partial charge in [0.2, 0.25) is 0 Å². The van der Waals surface area contributed by atoms with Gasteiger partial charge in [0, 0.05) is 23.5 Å². The maximum absolute atomic E-state index is 12.8. The van der Waals surface area contributed by atoms with E-state index in [1.807, 2.05) is 55.4 Å². The van der Waals surface area contributed by atoms with E-state index in [0.717, 1.165) is 16.9 Å². The zero-order valence-electron chi connectivity index (χ0n) is 14.7. The van der Waals surface area contributed by atoms with Crippen LogP contribution in [0.1, 0.15) is 16.8 Å². The van der Waals surface area contributed by atoms with Crippen molar-refractivity contribution in [1.29, 1.82) is 5.26 Å². The van der Waals surface area contributed by atoms with E-state index >= 15 is 0 Å². The van der Waals surface area contributed by atoms with Crippen molar-refractivity contribution in [3.63, 3.8) is 0 Å². The Kier molecular flexibility index (Phi) is 5.27. The van der Waals surface area contributed by atoms with Gasteiger partial charge in [-0.3, -0.25) is 14.0 Å². The van der Waals surface area contributed by atoms with Crippen LogP contribution in [0.15, 0.2) is 59.5 Å². The van der Waals surface area contributed by atoms with Crippen LogP contribution in [0.25, 0.3) is 5.69 Å². The third kappa shape index (κ3) is 3.88. The van der Waals surface area contributed by atoms with E-state index < -0.39 is 0 Å². The first-order chi connectivity index (χ1) is 12.5. The molecule has 1 heterocycles. The van der Waals surface area contributed by atoms with Gasteiger partial charge in [-0.05, 0) is 55.9 Å². The summed E-state index contributed by atoms with van der Waals surface area (Å²) in [4.78, 5) is 14.8. The van der Waals surface area contributed by atoms with Crippen LogP contribution in [0.2, 0.25) is 5.02 Å². The number of nitrogens with zero attached hydrogens (tertiary/aromatic N) is 4. The van der Waals surface area contributed by atoms with Gasteiger partial charge >= 0.3 is 5.69 Å². The lowest BCUT2D eigenvalue weighted by Gasteiger charge is -2.17. The molecule has 0 bridgehead atoms. The minimum atomic E-state index is -0.0950. The van der Waals surface area contributed by atoms with Crippen LogP contribution in [-0.2, 0) is 13.2 Å². The van der Waals surface area contributed by atoms with Crippen LogP contribution < -0.4 is 5.69 Å². The summed E-state index contributed by atoms with van der Waals surface area (Å²) < 4.78 is 3.35. The SMILES string of the molecule is Cc1cn(CN(C)Cc2cccc(C#N)c2)c(=O)n1-c1ccc(Cl)cc1. The van der Waals surface area contributed by atoms with Gasteiger partial charge in [0.25, 0.3) is 0 Å². The number of rotatable bonds is 5. The number of benzene rings is 2. The molecule has 0 aliphatic carbocycles. The fourth-order valence-electron chi connectivity index (χ4n) is 2.98. The number of imidazole rings is 1. The molecule has 0 atom stereocenters. The molecule has 0 spiro atoms. The Labute approximate surface area is 157 Å². The topological polar surface area (TPSA) is 54.0 Å². The maximum Gasteiger partial charge on any atom is 0.334 e. The molecule has 0 amide bonds. The average molecular weight is 367 g/mol. The number of hydrogen-bond acceptors (Lipinski definition) is 3. The van der Waals surface area contributed by atoms with Crippen molar-refractivity contribution in [2.75, 3.05) is 7.05 Å².